The van der Waals surface area contributed by atoms with Gasteiger partial charge in [0.05, 0.1) is 19.6 Å². The molecule has 108 valence electrons. The number of carboxylic acid groups (broad SMARTS) is 2. The molecule has 0 aromatic carbocycles. The van der Waals surface area contributed by atoms with Gasteiger partial charge in [0.15, 0.2) is 5.25 Å². The van der Waals surface area contributed by atoms with Gasteiger partial charge in [-0.25, -0.2) is 0 Å². The molecule has 0 amide bonds. The highest BCUT2D eigenvalue weighted by molar-refractivity contribution is 7.87. The molecule has 18 heavy (non-hydrogen) atoms. The first-order valence-electron chi connectivity index (χ1n) is 4.36. The van der Waals surface area contributed by atoms with Gasteiger partial charge >= 0.3 is 11.9 Å². The van der Waals surface area contributed by atoms with Crippen molar-refractivity contribution >= 4 is 22.1 Å². The lowest BCUT2D eigenvalue weighted by Gasteiger charge is -2.04. The first-order valence-corrected chi connectivity index (χ1v) is 5.87. The summed E-state index contributed by atoms with van der Waals surface area (Å²) in [6.07, 6.45) is -2.11. The number of aliphatic carboxylic acids is 2. The SMILES string of the molecule is O=C(O)CC(C(=O)O)S(=O)(=O)O.OCC(O)CO. The largest absolute Gasteiger partial charge is 0.481 e. The molecule has 0 radical (unpaired) electrons. The van der Waals surface area contributed by atoms with Crippen LogP contribution < -0.4 is 0 Å². The zero-order valence-electron chi connectivity index (χ0n) is 9.00. The number of aliphatic hydroxyl groups excluding tert-OH is 3. The third-order valence-corrected chi connectivity index (χ3v) is 2.50. The monoisotopic (exact) mass is 290 g/mol. The van der Waals surface area contributed by atoms with Gasteiger partial charge in [0.1, 0.15) is 6.10 Å². The summed E-state index contributed by atoms with van der Waals surface area (Å²) in [5.41, 5.74) is 0. The molecule has 0 aromatic heterocycles. The molecule has 0 fully saturated rings. The third kappa shape index (κ3) is 9.92. The summed E-state index contributed by atoms with van der Waals surface area (Å²) >= 11 is 0. The Bertz CT molecular complexity index is 356. The Balaban J connectivity index is 0. The van der Waals surface area contributed by atoms with Crippen molar-refractivity contribution in [3.05, 3.63) is 0 Å². The van der Waals surface area contributed by atoms with Crippen LogP contribution in [-0.4, -0.2) is 75.0 Å². The maximum Gasteiger partial charge on any atom is 0.325 e. The average Bonchev–Trinajstić information content (AvgIpc) is 2.23. The predicted molar refractivity (Wildman–Crippen MR) is 55.4 cm³/mol. The Kier molecular flexibility index (Phi) is 9.29. The van der Waals surface area contributed by atoms with Crippen molar-refractivity contribution in [1.82, 2.24) is 0 Å². The minimum Gasteiger partial charge on any atom is -0.481 e. The Morgan fingerprint density at radius 3 is 1.50 bits per heavy atom. The molecule has 10 nitrogen and oxygen atoms in total. The van der Waals surface area contributed by atoms with Gasteiger partial charge < -0.3 is 25.5 Å². The highest BCUT2D eigenvalue weighted by atomic mass is 32.2. The van der Waals surface area contributed by atoms with E-state index in [1.54, 1.807) is 0 Å². The molecule has 0 saturated carbocycles. The van der Waals surface area contributed by atoms with Gasteiger partial charge in [-0.2, -0.15) is 8.42 Å². The van der Waals surface area contributed by atoms with Gasteiger partial charge in [0.2, 0.25) is 0 Å². The normalized spacial score (nSPS) is 12.5. The van der Waals surface area contributed by atoms with Crippen molar-refractivity contribution in [3.8, 4) is 0 Å². The Morgan fingerprint density at radius 2 is 1.44 bits per heavy atom. The molecular weight excluding hydrogens is 276 g/mol. The second kappa shape index (κ2) is 8.77. The molecule has 0 saturated heterocycles. The van der Waals surface area contributed by atoms with Crippen LogP contribution in [0.25, 0.3) is 0 Å². The minimum absolute atomic E-state index is 0.365. The Morgan fingerprint density at radius 1 is 1.06 bits per heavy atom. The molecule has 6 N–H and O–H groups in total. The van der Waals surface area contributed by atoms with Crippen LogP contribution in [0.2, 0.25) is 0 Å². The number of hydrogen-bond acceptors (Lipinski definition) is 7. The van der Waals surface area contributed by atoms with E-state index in [9.17, 15) is 18.0 Å². The van der Waals surface area contributed by atoms with E-state index in [2.05, 4.69) is 0 Å². The molecule has 0 bridgehead atoms. The van der Waals surface area contributed by atoms with Gasteiger partial charge in [-0.05, 0) is 0 Å². The number of aliphatic hydroxyl groups is 3. The maximum absolute atomic E-state index is 10.2. The molecular formula is C7H14O10S. The van der Waals surface area contributed by atoms with Gasteiger partial charge in [-0.3, -0.25) is 14.1 Å². The smallest absolute Gasteiger partial charge is 0.325 e. The van der Waals surface area contributed by atoms with E-state index in [0.717, 1.165) is 0 Å². The second-order valence-corrected chi connectivity index (χ2v) is 4.56. The summed E-state index contributed by atoms with van der Waals surface area (Å²) in [4.78, 5) is 20.0. The summed E-state index contributed by atoms with van der Waals surface area (Å²) in [5.74, 6) is -3.50. The van der Waals surface area contributed by atoms with Crippen LogP contribution in [0, 0.1) is 0 Å². The van der Waals surface area contributed by atoms with Crippen LogP contribution in [0.1, 0.15) is 6.42 Å². The fourth-order valence-corrected chi connectivity index (χ4v) is 1.14. The molecule has 0 aliphatic carbocycles. The number of carbonyl (C=O) groups is 2. The molecule has 0 aliphatic heterocycles. The number of rotatable bonds is 6. The van der Waals surface area contributed by atoms with Crippen molar-refractivity contribution in [2.75, 3.05) is 13.2 Å². The Labute approximate surface area is 102 Å². The topological polar surface area (TPSA) is 190 Å². The lowest BCUT2D eigenvalue weighted by molar-refractivity contribution is -0.143. The van der Waals surface area contributed by atoms with E-state index < -0.39 is 39.8 Å². The first kappa shape index (κ1) is 19.1. The van der Waals surface area contributed by atoms with Gasteiger partial charge in [-0.1, -0.05) is 0 Å². The fraction of sp³-hybridized carbons (Fsp3) is 0.714. The first-order chi connectivity index (χ1) is 8.06. The second-order valence-electron chi connectivity index (χ2n) is 2.96. The van der Waals surface area contributed by atoms with Crippen molar-refractivity contribution in [2.45, 2.75) is 17.8 Å². The lowest BCUT2D eigenvalue weighted by atomic mass is 10.3. The average molecular weight is 290 g/mol. The standard InChI is InChI=1S/C4H6O7S.C3H8O3/c5-3(6)1-2(4(7)8)12(9,10)11;4-1-3(6)2-5/h2H,1H2,(H,5,6)(H,7,8)(H,9,10,11);3-6H,1-2H2. The van der Waals surface area contributed by atoms with E-state index in [0.29, 0.717) is 0 Å². The van der Waals surface area contributed by atoms with Crippen molar-refractivity contribution < 1.29 is 48.1 Å². The lowest BCUT2D eigenvalue weighted by Crippen LogP contribution is -2.31. The summed E-state index contributed by atoms with van der Waals surface area (Å²) in [7, 11) is -4.84. The number of hydrogen-bond donors (Lipinski definition) is 6. The molecule has 0 aliphatic rings. The van der Waals surface area contributed by atoms with E-state index in [-0.39, 0.29) is 13.2 Å². The minimum atomic E-state index is -4.84. The molecule has 11 heteroatoms. The van der Waals surface area contributed by atoms with Crippen molar-refractivity contribution in [1.29, 1.82) is 0 Å². The van der Waals surface area contributed by atoms with Crippen molar-refractivity contribution in [2.24, 2.45) is 0 Å². The van der Waals surface area contributed by atoms with E-state index >= 15 is 0 Å². The predicted octanol–water partition coefficient (Wildman–Crippen LogP) is -2.87. The number of carboxylic acids is 2. The van der Waals surface area contributed by atoms with Crippen LogP contribution in [0.3, 0.4) is 0 Å². The van der Waals surface area contributed by atoms with Crippen molar-refractivity contribution in [3.63, 3.8) is 0 Å². The van der Waals surface area contributed by atoms with Gasteiger partial charge in [0.25, 0.3) is 10.1 Å². The molecule has 0 rings (SSSR count). The summed E-state index contributed by atoms with van der Waals surface area (Å²) in [6, 6.07) is 0. The summed E-state index contributed by atoms with van der Waals surface area (Å²) in [6.45, 7) is -0.729. The Hall–Kier alpha value is -1.27. The van der Waals surface area contributed by atoms with Crippen LogP contribution in [0.4, 0.5) is 0 Å². The fourth-order valence-electron chi connectivity index (χ4n) is 0.536. The highest BCUT2D eigenvalue weighted by Crippen LogP contribution is 2.04. The van der Waals surface area contributed by atoms with Gasteiger partial charge in [-0.15, -0.1) is 0 Å². The van der Waals surface area contributed by atoms with Crippen LogP contribution >= 0.6 is 0 Å². The molecule has 1 unspecified atom stereocenters. The molecule has 0 spiro atoms. The van der Waals surface area contributed by atoms with E-state index in [1.807, 2.05) is 0 Å². The maximum atomic E-state index is 10.2. The van der Waals surface area contributed by atoms with Crippen LogP contribution in [0.5, 0.6) is 0 Å². The van der Waals surface area contributed by atoms with Crippen LogP contribution in [0.15, 0.2) is 0 Å². The highest BCUT2D eigenvalue weighted by Gasteiger charge is 2.33. The quantitative estimate of drug-likeness (QED) is 0.277. The zero-order valence-corrected chi connectivity index (χ0v) is 9.82. The van der Waals surface area contributed by atoms with E-state index in [1.165, 1.54) is 0 Å². The zero-order chi connectivity index (χ0) is 14.9. The van der Waals surface area contributed by atoms with Crippen LogP contribution in [-0.2, 0) is 19.7 Å². The van der Waals surface area contributed by atoms with E-state index in [4.69, 9.17) is 30.1 Å². The molecule has 0 heterocycles. The molecule has 1 atom stereocenters. The molecule has 0 aromatic rings. The van der Waals surface area contributed by atoms with Gasteiger partial charge in [0, 0.05) is 0 Å². The third-order valence-electron chi connectivity index (χ3n) is 1.42. The summed E-state index contributed by atoms with van der Waals surface area (Å²) < 4.78 is 28.7. The summed E-state index contributed by atoms with van der Waals surface area (Å²) in [5, 5.41) is 37.9.